The van der Waals surface area contributed by atoms with Gasteiger partial charge in [0.05, 0.1) is 7.11 Å². The van der Waals surface area contributed by atoms with E-state index in [1.807, 2.05) is 6.07 Å². The van der Waals surface area contributed by atoms with Gasteiger partial charge >= 0.3 is 5.97 Å². The van der Waals surface area contributed by atoms with Crippen molar-refractivity contribution in [3.63, 3.8) is 0 Å². The average molecular weight is 368 g/mol. The van der Waals surface area contributed by atoms with E-state index in [2.05, 4.69) is 15.0 Å². The summed E-state index contributed by atoms with van der Waals surface area (Å²) in [5.74, 6) is -0.680. The number of aromatic nitrogens is 1. The summed E-state index contributed by atoms with van der Waals surface area (Å²) in [6.07, 6.45) is 0. The van der Waals surface area contributed by atoms with Gasteiger partial charge in [-0.2, -0.15) is 0 Å². The second kappa shape index (κ2) is 7.79. The first kappa shape index (κ1) is 17.6. The minimum atomic E-state index is -0.563. The molecule has 2 N–H and O–H groups in total. The molecule has 0 aliphatic rings. The van der Waals surface area contributed by atoms with Crippen LogP contribution in [0.15, 0.2) is 60.0 Å². The molecule has 0 bridgehead atoms. The maximum Gasteiger partial charge on any atom is 0.357 e. The molecule has 26 heavy (non-hydrogen) atoms. The third-order valence-corrected chi connectivity index (χ3v) is 4.61. The molecule has 1 atom stereocenters. The van der Waals surface area contributed by atoms with Gasteiger partial charge in [-0.05, 0) is 29.8 Å². The van der Waals surface area contributed by atoms with Gasteiger partial charge in [-0.3, -0.25) is 4.79 Å². The molecule has 6 nitrogen and oxygen atoms in total. The summed E-state index contributed by atoms with van der Waals surface area (Å²) >= 11 is 1.25. The van der Waals surface area contributed by atoms with Crippen LogP contribution in [-0.2, 0) is 4.74 Å². The van der Waals surface area contributed by atoms with Crippen LogP contribution < -0.4 is 5.32 Å². The number of nitrogens with one attached hydrogen (secondary N) is 1. The minimum Gasteiger partial charge on any atom is -0.508 e. The predicted octanol–water partition coefficient (Wildman–Crippen LogP) is 3.15. The molecule has 3 rings (SSSR count). The molecule has 1 aromatic heterocycles. The fraction of sp³-hybridized carbons (Fsp3) is 0.105. The molecular weight excluding hydrogens is 352 g/mol. The number of thiazole rings is 1. The van der Waals surface area contributed by atoms with Gasteiger partial charge in [0.15, 0.2) is 5.69 Å². The summed E-state index contributed by atoms with van der Waals surface area (Å²) in [6, 6.07) is 14.7. The van der Waals surface area contributed by atoms with E-state index in [0.717, 1.165) is 5.56 Å². The van der Waals surface area contributed by atoms with Gasteiger partial charge in [0.2, 0.25) is 0 Å². The third-order valence-electron chi connectivity index (χ3n) is 3.70. The van der Waals surface area contributed by atoms with E-state index >= 15 is 0 Å². The number of aromatic hydroxyl groups is 1. The molecule has 2 aromatic carbocycles. The van der Waals surface area contributed by atoms with Crippen LogP contribution in [-0.4, -0.2) is 29.1 Å². The van der Waals surface area contributed by atoms with E-state index in [1.54, 1.807) is 41.8 Å². The molecule has 1 heterocycles. The van der Waals surface area contributed by atoms with Crippen LogP contribution in [0.2, 0.25) is 0 Å². The highest BCUT2D eigenvalue weighted by molar-refractivity contribution is 7.10. The topological polar surface area (TPSA) is 88.5 Å². The number of hydrogen-bond acceptors (Lipinski definition) is 6. The minimum absolute atomic E-state index is 0.122. The number of carbonyl (C=O) groups excluding carboxylic acids is 2. The highest BCUT2D eigenvalue weighted by Crippen LogP contribution is 2.27. The summed E-state index contributed by atoms with van der Waals surface area (Å²) in [7, 11) is 1.29. The highest BCUT2D eigenvalue weighted by atomic mass is 32.1. The van der Waals surface area contributed by atoms with Crippen LogP contribution in [0, 0.1) is 0 Å². The molecule has 0 aliphatic carbocycles. The van der Waals surface area contributed by atoms with Crippen LogP contribution in [0.3, 0.4) is 0 Å². The number of rotatable bonds is 5. The SMILES string of the molecule is COC(=O)c1csc(C(NC(=O)c2ccccc2)c2ccc(O)cc2)n1. The molecule has 3 aromatic rings. The van der Waals surface area contributed by atoms with Crippen molar-refractivity contribution in [2.75, 3.05) is 7.11 Å². The third kappa shape index (κ3) is 3.89. The molecule has 0 aliphatic heterocycles. The molecule has 7 heteroatoms. The van der Waals surface area contributed by atoms with Crippen molar-refractivity contribution in [3.05, 3.63) is 81.8 Å². The van der Waals surface area contributed by atoms with E-state index in [4.69, 9.17) is 0 Å². The number of ether oxygens (including phenoxy) is 1. The lowest BCUT2D eigenvalue weighted by Gasteiger charge is -2.17. The summed E-state index contributed by atoms with van der Waals surface area (Å²) in [5.41, 5.74) is 1.43. The quantitative estimate of drug-likeness (QED) is 0.676. The Kier molecular flexibility index (Phi) is 5.28. The van der Waals surface area contributed by atoms with Gasteiger partial charge in [-0.15, -0.1) is 11.3 Å². The lowest BCUT2D eigenvalue weighted by molar-refractivity contribution is 0.0594. The zero-order valence-corrected chi connectivity index (χ0v) is 14.7. The zero-order chi connectivity index (χ0) is 18.5. The molecular formula is C19H16N2O4S. The number of phenols is 1. The second-order valence-corrected chi connectivity index (χ2v) is 6.32. The van der Waals surface area contributed by atoms with Crippen molar-refractivity contribution in [1.82, 2.24) is 10.3 Å². The Morgan fingerprint density at radius 2 is 1.81 bits per heavy atom. The Balaban J connectivity index is 1.94. The number of esters is 1. The van der Waals surface area contributed by atoms with Crippen molar-refractivity contribution >= 4 is 23.2 Å². The lowest BCUT2D eigenvalue weighted by Crippen LogP contribution is -2.29. The van der Waals surface area contributed by atoms with Gasteiger partial charge in [-0.25, -0.2) is 9.78 Å². The van der Waals surface area contributed by atoms with E-state index in [1.165, 1.54) is 30.6 Å². The van der Waals surface area contributed by atoms with E-state index in [0.29, 0.717) is 10.6 Å². The van der Waals surface area contributed by atoms with Crippen molar-refractivity contribution < 1.29 is 19.4 Å². The number of phenolic OH excluding ortho intramolecular Hbond substituents is 1. The van der Waals surface area contributed by atoms with Crippen molar-refractivity contribution in [1.29, 1.82) is 0 Å². The summed E-state index contributed by atoms with van der Waals surface area (Å²) < 4.78 is 4.69. The molecule has 1 amide bonds. The number of benzene rings is 2. The van der Waals surface area contributed by atoms with Crippen molar-refractivity contribution in [2.24, 2.45) is 0 Å². The standard InChI is InChI=1S/C19H16N2O4S/c1-25-19(24)15-11-26-18(20-15)16(12-7-9-14(22)10-8-12)21-17(23)13-5-3-2-4-6-13/h2-11,16,22H,1H3,(H,21,23). The van der Waals surface area contributed by atoms with Gasteiger partial charge in [0.1, 0.15) is 16.8 Å². The van der Waals surface area contributed by atoms with Gasteiger partial charge < -0.3 is 15.2 Å². The number of nitrogens with zero attached hydrogens (tertiary/aromatic N) is 1. The molecule has 0 saturated carbocycles. The first-order valence-electron chi connectivity index (χ1n) is 7.77. The first-order chi connectivity index (χ1) is 12.6. The van der Waals surface area contributed by atoms with Crippen LogP contribution in [0.1, 0.15) is 37.5 Å². The predicted molar refractivity (Wildman–Crippen MR) is 97.3 cm³/mol. The fourth-order valence-corrected chi connectivity index (χ4v) is 3.24. The molecule has 132 valence electrons. The van der Waals surface area contributed by atoms with Crippen molar-refractivity contribution in [3.8, 4) is 5.75 Å². The molecule has 1 unspecified atom stereocenters. The summed E-state index contributed by atoms with van der Waals surface area (Å²) in [4.78, 5) is 28.6. The van der Waals surface area contributed by atoms with Crippen LogP contribution in [0.25, 0.3) is 0 Å². The van der Waals surface area contributed by atoms with Crippen molar-refractivity contribution in [2.45, 2.75) is 6.04 Å². The zero-order valence-electron chi connectivity index (χ0n) is 13.9. The van der Waals surface area contributed by atoms with Crippen LogP contribution in [0.4, 0.5) is 0 Å². The molecule has 0 saturated heterocycles. The van der Waals surface area contributed by atoms with E-state index < -0.39 is 12.0 Å². The fourth-order valence-electron chi connectivity index (χ4n) is 2.38. The maximum atomic E-state index is 12.6. The number of methoxy groups -OCH3 is 1. The Hall–Kier alpha value is -3.19. The van der Waals surface area contributed by atoms with Crippen LogP contribution >= 0.6 is 11.3 Å². The van der Waals surface area contributed by atoms with Gasteiger partial charge in [0, 0.05) is 10.9 Å². The maximum absolute atomic E-state index is 12.6. The number of carbonyl (C=O) groups is 2. The van der Waals surface area contributed by atoms with E-state index in [9.17, 15) is 14.7 Å². The number of amides is 1. The van der Waals surface area contributed by atoms with Crippen LogP contribution in [0.5, 0.6) is 5.75 Å². The smallest absolute Gasteiger partial charge is 0.357 e. The lowest BCUT2D eigenvalue weighted by atomic mass is 10.1. The monoisotopic (exact) mass is 368 g/mol. The Bertz CT molecular complexity index is 907. The number of hydrogen-bond donors (Lipinski definition) is 2. The van der Waals surface area contributed by atoms with Gasteiger partial charge in [-0.1, -0.05) is 30.3 Å². The summed E-state index contributed by atoms with van der Waals surface area (Å²) in [6.45, 7) is 0. The Morgan fingerprint density at radius 1 is 1.12 bits per heavy atom. The normalized spacial score (nSPS) is 11.6. The second-order valence-electron chi connectivity index (χ2n) is 5.43. The molecule has 0 spiro atoms. The Morgan fingerprint density at radius 3 is 2.46 bits per heavy atom. The average Bonchev–Trinajstić information content (AvgIpc) is 3.16. The van der Waals surface area contributed by atoms with Gasteiger partial charge in [0.25, 0.3) is 5.91 Å². The molecule has 0 radical (unpaired) electrons. The summed E-state index contributed by atoms with van der Waals surface area (Å²) in [5, 5.41) is 14.6. The van der Waals surface area contributed by atoms with E-state index in [-0.39, 0.29) is 17.4 Å². The Labute approximate surface area is 154 Å². The highest BCUT2D eigenvalue weighted by Gasteiger charge is 2.22. The first-order valence-corrected chi connectivity index (χ1v) is 8.65. The largest absolute Gasteiger partial charge is 0.508 e. The molecule has 0 fully saturated rings.